The van der Waals surface area contributed by atoms with Gasteiger partial charge in [0.15, 0.2) is 11.5 Å². The molecule has 1 fully saturated rings. The van der Waals surface area contributed by atoms with Gasteiger partial charge in [-0.3, -0.25) is 4.90 Å². The Balaban J connectivity index is 0.00000220. The third kappa shape index (κ3) is 3.80. The molecule has 1 aliphatic rings. The zero-order valence-electron chi connectivity index (χ0n) is 12.5. The van der Waals surface area contributed by atoms with Crippen LogP contribution in [0.5, 0.6) is 11.5 Å². The molecule has 0 bridgehead atoms. The van der Waals surface area contributed by atoms with Crippen LogP contribution in [0.2, 0.25) is 0 Å². The molecule has 1 atom stereocenters. The Morgan fingerprint density at radius 1 is 1.24 bits per heavy atom. The van der Waals surface area contributed by atoms with E-state index in [0.29, 0.717) is 5.56 Å². The van der Waals surface area contributed by atoms with Crippen molar-refractivity contribution in [3.8, 4) is 11.5 Å². The fourth-order valence-corrected chi connectivity index (χ4v) is 2.91. The Hall–Kier alpha value is -1.01. The van der Waals surface area contributed by atoms with Crippen molar-refractivity contribution in [3.63, 3.8) is 0 Å². The predicted molar refractivity (Wildman–Crippen MR) is 85.1 cm³/mol. The van der Waals surface area contributed by atoms with Crippen LogP contribution in [0.4, 0.5) is 0 Å². The van der Waals surface area contributed by atoms with Crippen molar-refractivity contribution in [2.24, 2.45) is 5.41 Å². The standard InChI is InChI=1S/C15H24N2O3.ClH/c1-15(2,10-18)14(17-8-6-16-7-9-17)11-4-3-5-12(19)13(11)20;/h3-5,14,16,18-20H,6-10H2,1-2H3;1H/t14-;/m0./s1. The number of hydrogen-bond donors (Lipinski definition) is 4. The van der Waals surface area contributed by atoms with Crippen LogP contribution in [0.3, 0.4) is 0 Å². The lowest BCUT2D eigenvalue weighted by molar-refractivity contribution is 0.0291. The minimum atomic E-state index is -0.414. The van der Waals surface area contributed by atoms with Crippen LogP contribution in [0, 0.1) is 5.41 Å². The van der Waals surface area contributed by atoms with Gasteiger partial charge in [-0.15, -0.1) is 12.4 Å². The Bertz CT molecular complexity index is 462. The number of benzene rings is 1. The summed E-state index contributed by atoms with van der Waals surface area (Å²) in [4.78, 5) is 2.25. The molecule has 0 aromatic heterocycles. The molecule has 0 spiro atoms. The number of aliphatic hydroxyl groups is 1. The van der Waals surface area contributed by atoms with Crippen molar-refractivity contribution < 1.29 is 15.3 Å². The first kappa shape index (κ1) is 18.0. The van der Waals surface area contributed by atoms with Crippen molar-refractivity contribution >= 4 is 12.4 Å². The molecule has 21 heavy (non-hydrogen) atoms. The molecule has 0 aliphatic carbocycles. The van der Waals surface area contributed by atoms with Crippen molar-refractivity contribution in [3.05, 3.63) is 23.8 Å². The monoisotopic (exact) mass is 316 g/mol. The maximum Gasteiger partial charge on any atom is 0.162 e. The molecule has 120 valence electrons. The molecule has 1 heterocycles. The summed E-state index contributed by atoms with van der Waals surface area (Å²) >= 11 is 0. The van der Waals surface area contributed by atoms with Gasteiger partial charge in [0.05, 0.1) is 0 Å². The fraction of sp³-hybridized carbons (Fsp3) is 0.600. The highest BCUT2D eigenvalue weighted by atomic mass is 35.5. The van der Waals surface area contributed by atoms with Crippen LogP contribution in [-0.4, -0.2) is 53.0 Å². The van der Waals surface area contributed by atoms with Crippen LogP contribution >= 0.6 is 12.4 Å². The number of rotatable bonds is 4. The second-order valence-electron chi connectivity index (χ2n) is 6.05. The van der Waals surface area contributed by atoms with Crippen LogP contribution in [0.1, 0.15) is 25.5 Å². The Kier molecular flexibility index (Phi) is 6.28. The maximum absolute atomic E-state index is 10.2. The summed E-state index contributed by atoms with van der Waals surface area (Å²) in [6.07, 6.45) is 0. The quantitative estimate of drug-likeness (QED) is 0.633. The molecule has 0 amide bonds. The predicted octanol–water partition coefficient (Wildman–Crippen LogP) is 1.48. The second-order valence-corrected chi connectivity index (χ2v) is 6.05. The van der Waals surface area contributed by atoms with Crippen LogP contribution in [0.25, 0.3) is 0 Å². The van der Waals surface area contributed by atoms with E-state index in [0.717, 1.165) is 26.2 Å². The first-order valence-corrected chi connectivity index (χ1v) is 7.04. The van der Waals surface area contributed by atoms with Crippen LogP contribution in [-0.2, 0) is 0 Å². The molecule has 2 rings (SSSR count). The van der Waals surface area contributed by atoms with E-state index in [4.69, 9.17) is 0 Å². The lowest BCUT2D eigenvalue weighted by Crippen LogP contribution is -2.49. The minimum absolute atomic E-state index is 0. The summed E-state index contributed by atoms with van der Waals surface area (Å²) in [5.41, 5.74) is 0.258. The summed E-state index contributed by atoms with van der Waals surface area (Å²) in [6.45, 7) is 7.44. The maximum atomic E-state index is 10.2. The molecule has 5 nitrogen and oxygen atoms in total. The van der Waals surface area contributed by atoms with Crippen molar-refractivity contribution in [2.45, 2.75) is 19.9 Å². The SMILES string of the molecule is CC(C)(CO)[C@H](c1cccc(O)c1O)N1CCNCC1.Cl. The van der Waals surface area contributed by atoms with Crippen molar-refractivity contribution in [1.82, 2.24) is 10.2 Å². The Labute approximate surface area is 132 Å². The van der Waals surface area contributed by atoms with E-state index in [1.165, 1.54) is 6.07 Å². The highest BCUT2D eigenvalue weighted by molar-refractivity contribution is 5.85. The average Bonchev–Trinajstić information content (AvgIpc) is 2.45. The number of hydrogen-bond acceptors (Lipinski definition) is 5. The van der Waals surface area contributed by atoms with E-state index in [9.17, 15) is 15.3 Å². The summed E-state index contributed by atoms with van der Waals surface area (Å²) in [6, 6.07) is 4.88. The third-order valence-corrected chi connectivity index (χ3v) is 4.00. The van der Waals surface area contributed by atoms with E-state index in [1.807, 2.05) is 19.9 Å². The number of piperazine rings is 1. The van der Waals surface area contributed by atoms with E-state index in [-0.39, 0.29) is 36.6 Å². The summed E-state index contributed by atoms with van der Waals surface area (Å²) < 4.78 is 0. The van der Waals surface area contributed by atoms with E-state index >= 15 is 0 Å². The molecule has 0 radical (unpaired) electrons. The molecule has 1 aromatic rings. The molecule has 0 unspecified atom stereocenters. The van der Waals surface area contributed by atoms with E-state index in [1.54, 1.807) is 6.07 Å². The van der Waals surface area contributed by atoms with Gasteiger partial charge in [-0.05, 0) is 6.07 Å². The highest BCUT2D eigenvalue weighted by Gasteiger charge is 2.37. The van der Waals surface area contributed by atoms with Gasteiger partial charge in [0.1, 0.15) is 0 Å². The molecule has 1 saturated heterocycles. The zero-order chi connectivity index (χ0) is 14.8. The fourth-order valence-electron chi connectivity index (χ4n) is 2.91. The molecular weight excluding hydrogens is 292 g/mol. The van der Waals surface area contributed by atoms with Gasteiger partial charge in [-0.1, -0.05) is 26.0 Å². The lowest BCUT2D eigenvalue weighted by atomic mass is 9.79. The molecule has 4 N–H and O–H groups in total. The second kappa shape index (κ2) is 7.31. The molecule has 1 aliphatic heterocycles. The van der Waals surface area contributed by atoms with Gasteiger partial charge in [0.25, 0.3) is 0 Å². The number of aliphatic hydroxyl groups excluding tert-OH is 1. The van der Waals surface area contributed by atoms with Gasteiger partial charge in [0.2, 0.25) is 0 Å². The average molecular weight is 317 g/mol. The molecular formula is C15H25ClN2O3. The number of phenols is 2. The number of phenolic OH excluding ortho intramolecular Hbond substituents is 2. The number of nitrogens with one attached hydrogen (secondary N) is 1. The van der Waals surface area contributed by atoms with Gasteiger partial charge in [-0.25, -0.2) is 0 Å². The van der Waals surface area contributed by atoms with Crippen molar-refractivity contribution in [2.75, 3.05) is 32.8 Å². The largest absolute Gasteiger partial charge is 0.504 e. The first-order valence-electron chi connectivity index (χ1n) is 7.04. The number of para-hydroxylation sites is 1. The zero-order valence-corrected chi connectivity index (χ0v) is 13.4. The molecule has 6 heteroatoms. The van der Waals surface area contributed by atoms with Crippen LogP contribution < -0.4 is 5.32 Å². The summed E-state index contributed by atoms with van der Waals surface area (Å²) in [5.74, 6) is -0.200. The van der Waals surface area contributed by atoms with Gasteiger partial charge in [0, 0.05) is 49.8 Å². The Morgan fingerprint density at radius 3 is 2.43 bits per heavy atom. The summed E-state index contributed by atoms with van der Waals surface area (Å²) in [7, 11) is 0. The molecule has 0 saturated carbocycles. The third-order valence-electron chi connectivity index (χ3n) is 4.00. The van der Waals surface area contributed by atoms with Gasteiger partial charge in [-0.2, -0.15) is 0 Å². The smallest absolute Gasteiger partial charge is 0.162 e. The highest BCUT2D eigenvalue weighted by Crippen LogP contribution is 2.44. The summed E-state index contributed by atoms with van der Waals surface area (Å²) in [5, 5.41) is 33.0. The lowest BCUT2D eigenvalue weighted by Gasteiger charge is -2.43. The molecule has 1 aromatic carbocycles. The van der Waals surface area contributed by atoms with Crippen LogP contribution in [0.15, 0.2) is 18.2 Å². The number of aromatic hydroxyl groups is 2. The first-order chi connectivity index (χ1) is 9.47. The van der Waals surface area contributed by atoms with E-state index in [2.05, 4.69) is 10.2 Å². The number of nitrogens with zero attached hydrogens (tertiary/aromatic N) is 1. The van der Waals surface area contributed by atoms with E-state index < -0.39 is 5.41 Å². The van der Waals surface area contributed by atoms with Gasteiger partial charge >= 0.3 is 0 Å². The van der Waals surface area contributed by atoms with Crippen molar-refractivity contribution in [1.29, 1.82) is 0 Å². The topological polar surface area (TPSA) is 76.0 Å². The Morgan fingerprint density at radius 2 is 1.86 bits per heavy atom. The van der Waals surface area contributed by atoms with Gasteiger partial charge < -0.3 is 20.6 Å². The number of halogens is 1. The normalized spacial score (nSPS) is 18.0. The minimum Gasteiger partial charge on any atom is -0.504 e.